The molecule has 2 amide bonds. The van der Waals surface area contributed by atoms with E-state index >= 15 is 0 Å². The van der Waals surface area contributed by atoms with Crippen molar-refractivity contribution in [3.63, 3.8) is 0 Å². The van der Waals surface area contributed by atoms with Gasteiger partial charge in [0.1, 0.15) is 0 Å². The first-order valence-corrected chi connectivity index (χ1v) is 9.96. The molecule has 0 radical (unpaired) electrons. The summed E-state index contributed by atoms with van der Waals surface area (Å²) in [5, 5.41) is 2.96. The topological polar surface area (TPSA) is 37.3 Å². The van der Waals surface area contributed by atoms with Gasteiger partial charge in [0.25, 0.3) is 0 Å². The summed E-state index contributed by atoms with van der Waals surface area (Å²) in [7, 11) is 0. The number of hydrogen-bond acceptors (Lipinski definition) is 1. The molecule has 0 saturated carbocycles. The van der Waals surface area contributed by atoms with E-state index in [1.165, 1.54) is 11.1 Å². The van der Waals surface area contributed by atoms with Crippen molar-refractivity contribution in [3.8, 4) is 0 Å². The van der Waals surface area contributed by atoms with E-state index in [0.29, 0.717) is 13.1 Å². The van der Waals surface area contributed by atoms with Crippen LogP contribution in [0.15, 0.2) is 84.0 Å². The minimum Gasteiger partial charge on any atom is -0.345 e. The van der Waals surface area contributed by atoms with Gasteiger partial charge in [0.05, 0.1) is 6.54 Å². The summed E-state index contributed by atoms with van der Waals surface area (Å²) in [6, 6.07) is 20.0. The Bertz CT molecular complexity index is 964. The molecule has 144 valence electrons. The molecular formula is C23H24BrN3O. The summed E-state index contributed by atoms with van der Waals surface area (Å²) in [6.07, 6.45) is 3.80. The third-order valence-corrected chi connectivity index (χ3v) is 4.92. The van der Waals surface area contributed by atoms with Gasteiger partial charge in [-0.15, -0.1) is 6.58 Å². The van der Waals surface area contributed by atoms with Gasteiger partial charge in [0, 0.05) is 35.1 Å². The van der Waals surface area contributed by atoms with Crippen molar-refractivity contribution in [3.05, 3.63) is 101 Å². The van der Waals surface area contributed by atoms with E-state index in [9.17, 15) is 4.79 Å². The van der Waals surface area contributed by atoms with Crippen LogP contribution in [-0.2, 0) is 13.1 Å². The summed E-state index contributed by atoms with van der Waals surface area (Å²) in [5.74, 6) is 0. The zero-order valence-electron chi connectivity index (χ0n) is 15.9. The van der Waals surface area contributed by atoms with Crippen LogP contribution in [-0.4, -0.2) is 22.0 Å². The molecule has 0 aliphatic carbocycles. The van der Waals surface area contributed by atoms with Gasteiger partial charge in [-0.05, 0) is 42.8 Å². The zero-order chi connectivity index (χ0) is 19.9. The number of aromatic nitrogens is 1. The van der Waals surface area contributed by atoms with Crippen LogP contribution in [0.5, 0.6) is 0 Å². The first kappa shape index (κ1) is 20.0. The number of carbonyl (C=O) groups is 1. The van der Waals surface area contributed by atoms with Crippen LogP contribution in [0.3, 0.4) is 0 Å². The Morgan fingerprint density at radius 2 is 2.00 bits per heavy atom. The molecule has 1 heterocycles. The summed E-state index contributed by atoms with van der Waals surface area (Å²) >= 11 is 3.43. The van der Waals surface area contributed by atoms with E-state index in [-0.39, 0.29) is 6.03 Å². The Labute approximate surface area is 174 Å². The quantitative estimate of drug-likeness (QED) is 0.464. The minimum absolute atomic E-state index is 0.152. The summed E-state index contributed by atoms with van der Waals surface area (Å²) < 4.78 is 3.10. The van der Waals surface area contributed by atoms with Gasteiger partial charge in [0.15, 0.2) is 0 Å². The molecule has 0 bridgehead atoms. The van der Waals surface area contributed by atoms with Crippen molar-refractivity contribution in [2.75, 3.05) is 11.9 Å². The first-order chi connectivity index (χ1) is 13.5. The van der Waals surface area contributed by atoms with Crippen LogP contribution < -0.4 is 5.32 Å². The Morgan fingerprint density at radius 3 is 2.75 bits per heavy atom. The number of halogens is 1. The van der Waals surface area contributed by atoms with Crippen molar-refractivity contribution in [1.29, 1.82) is 0 Å². The highest BCUT2D eigenvalue weighted by atomic mass is 79.9. The second kappa shape index (κ2) is 9.42. The highest BCUT2D eigenvalue weighted by Gasteiger charge is 2.15. The molecule has 0 unspecified atom stereocenters. The van der Waals surface area contributed by atoms with Crippen molar-refractivity contribution in [2.24, 2.45) is 0 Å². The Kier molecular flexibility index (Phi) is 6.71. The molecule has 0 aliphatic rings. The second-order valence-corrected chi connectivity index (χ2v) is 7.64. The molecular weight excluding hydrogens is 414 g/mol. The fourth-order valence-electron chi connectivity index (χ4n) is 3.09. The molecule has 0 saturated heterocycles. The molecule has 4 nitrogen and oxygen atoms in total. The van der Waals surface area contributed by atoms with Crippen molar-refractivity contribution < 1.29 is 4.79 Å². The molecule has 0 fully saturated rings. The molecule has 28 heavy (non-hydrogen) atoms. The summed E-state index contributed by atoms with van der Waals surface area (Å²) in [4.78, 5) is 14.5. The lowest BCUT2D eigenvalue weighted by Gasteiger charge is -2.23. The van der Waals surface area contributed by atoms with Gasteiger partial charge in [0.2, 0.25) is 0 Å². The smallest absolute Gasteiger partial charge is 0.322 e. The highest BCUT2D eigenvalue weighted by Crippen LogP contribution is 2.17. The standard InChI is InChI=1S/C23H24BrN3O/c1-3-12-27(23(28)25-21-10-5-9-20(24)15-21)17-22-11-6-13-26(22)16-19-8-4-7-18(2)14-19/h3-11,13-15H,1,12,16-17H2,2H3,(H,25,28). The Hall–Kier alpha value is -2.79. The number of amides is 2. The number of nitrogens with one attached hydrogen (secondary N) is 1. The molecule has 3 aromatic rings. The number of benzene rings is 2. The number of aryl methyl sites for hydroxylation is 1. The van der Waals surface area contributed by atoms with E-state index in [1.807, 2.05) is 30.3 Å². The van der Waals surface area contributed by atoms with E-state index < -0.39 is 0 Å². The van der Waals surface area contributed by atoms with Crippen LogP contribution in [0, 0.1) is 6.92 Å². The molecule has 5 heteroatoms. The van der Waals surface area contributed by atoms with Gasteiger partial charge >= 0.3 is 6.03 Å². The third-order valence-electron chi connectivity index (χ3n) is 4.42. The lowest BCUT2D eigenvalue weighted by Crippen LogP contribution is -2.35. The van der Waals surface area contributed by atoms with E-state index in [4.69, 9.17) is 0 Å². The SMILES string of the molecule is C=CCN(Cc1cccn1Cc1cccc(C)c1)C(=O)Nc1cccc(Br)c1. The molecule has 1 aromatic heterocycles. The molecule has 0 atom stereocenters. The lowest BCUT2D eigenvalue weighted by molar-refractivity contribution is 0.214. The summed E-state index contributed by atoms with van der Waals surface area (Å²) in [5.41, 5.74) is 4.32. The lowest BCUT2D eigenvalue weighted by atomic mass is 10.1. The maximum Gasteiger partial charge on any atom is 0.322 e. The number of urea groups is 1. The fourth-order valence-corrected chi connectivity index (χ4v) is 3.49. The fraction of sp³-hybridized carbons (Fsp3) is 0.174. The molecule has 2 aromatic carbocycles. The maximum atomic E-state index is 12.8. The molecule has 1 N–H and O–H groups in total. The number of nitrogens with zero attached hydrogens (tertiary/aromatic N) is 2. The zero-order valence-corrected chi connectivity index (χ0v) is 17.5. The Balaban J connectivity index is 1.73. The number of carbonyl (C=O) groups excluding carboxylic acids is 1. The minimum atomic E-state index is -0.152. The van der Waals surface area contributed by atoms with Gasteiger partial charge in [-0.25, -0.2) is 4.79 Å². The van der Waals surface area contributed by atoms with Gasteiger partial charge < -0.3 is 14.8 Å². The highest BCUT2D eigenvalue weighted by molar-refractivity contribution is 9.10. The van der Waals surface area contributed by atoms with Crippen LogP contribution in [0.2, 0.25) is 0 Å². The van der Waals surface area contributed by atoms with Crippen LogP contribution in [0.4, 0.5) is 10.5 Å². The third kappa shape index (κ3) is 5.36. The van der Waals surface area contributed by atoms with Gasteiger partial charge in [-0.1, -0.05) is 57.9 Å². The van der Waals surface area contributed by atoms with E-state index in [1.54, 1.807) is 11.0 Å². The van der Waals surface area contributed by atoms with E-state index in [0.717, 1.165) is 22.4 Å². The maximum absolute atomic E-state index is 12.8. The predicted octanol–water partition coefficient (Wildman–Crippen LogP) is 5.83. The largest absolute Gasteiger partial charge is 0.345 e. The molecule has 0 aliphatic heterocycles. The second-order valence-electron chi connectivity index (χ2n) is 6.73. The first-order valence-electron chi connectivity index (χ1n) is 9.17. The number of anilines is 1. The average Bonchev–Trinajstić information content (AvgIpc) is 3.08. The Morgan fingerprint density at radius 1 is 1.18 bits per heavy atom. The van der Waals surface area contributed by atoms with Crippen molar-refractivity contribution in [1.82, 2.24) is 9.47 Å². The number of rotatable bonds is 7. The monoisotopic (exact) mass is 437 g/mol. The molecule has 0 spiro atoms. The van der Waals surface area contributed by atoms with E-state index in [2.05, 4.69) is 75.8 Å². The summed E-state index contributed by atoms with van der Waals surface area (Å²) in [6.45, 7) is 7.64. The average molecular weight is 438 g/mol. The molecule has 3 rings (SSSR count). The predicted molar refractivity (Wildman–Crippen MR) is 118 cm³/mol. The van der Waals surface area contributed by atoms with Crippen molar-refractivity contribution in [2.45, 2.75) is 20.0 Å². The van der Waals surface area contributed by atoms with Crippen LogP contribution in [0.25, 0.3) is 0 Å². The van der Waals surface area contributed by atoms with Gasteiger partial charge in [-0.2, -0.15) is 0 Å². The van der Waals surface area contributed by atoms with Crippen LogP contribution in [0.1, 0.15) is 16.8 Å². The van der Waals surface area contributed by atoms with Crippen LogP contribution >= 0.6 is 15.9 Å². The van der Waals surface area contributed by atoms with Crippen molar-refractivity contribution >= 4 is 27.6 Å². The van der Waals surface area contributed by atoms with Gasteiger partial charge in [-0.3, -0.25) is 0 Å². The number of hydrogen-bond donors (Lipinski definition) is 1. The normalized spacial score (nSPS) is 10.5.